The first-order chi connectivity index (χ1) is 16.3. The van der Waals surface area contributed by atoms with Crippen LogP contribution in [0.25, 0.3) is 16.5 Å². The number of para-hydroxylation sites is 1. The van der Waals surface area contributed by atoms with Crippen LogP contribution in [0.15, 0.2) is 52.0 Å². The molecule has 3 aromatic rings. The maximum absolute atomic E-state index is 12.6. The number of allylic oxidation sites excluding steroid dienone is 1. The standard InChI is InChI=1S/C27H31N3O4/c1-7-11-30-21-14-23(33-6)19(12-20(21)17(2)15-27(30,3)4)16-28-29-26(31)24-13-18-9-8-10-22(32-5)25(18)34-24/h8-10,12-16H,7,11H2,1-6H3,(H,29,31)/b28-16-. The van der Waals surface area contributed by atoms with Gasteiger partial charge in [-0.25, -0.2) is 5.43 Å². The highest BCUT2D eigenvalue weighted by molar-refractivity contribution is 5.98. The number of anilines is 1. The second kappa shape index (κ2) is 9.25. The van der Waals surface area contributed by atoms with Gasteiger partial charge in [-0.3, -0.25) is 4.79 Å². The molecule has 0 bridgehead atoms. The van der Waals surface area contributed by atoms with Gasteiger partial charge in [-0.05, 0) is 51.0 Å². The minimum Gasteiger partial charge on any atom is -0.496 e. The predicted molar refractivity (Wildman–Crippen MR) is 136 cm³/mol. The third-order valence-corrected chi connectivity index (χ3v) is 6.10. The zero-order valence-corrected chi connectivity index (χ0v) is 20.6. The Kier molecular flexibility index (Phi) is 6.37. The van der Waals surface area contributed by atoms with Gasteiger partial charge in [0.2, 0.25) is 0 Å². The van der Waals surface area contributed by atoms with E-state index in [0.29, 0.717) is 17.1 Å². The van der Waals surface area contributed by atoms with Crippen molar-refractivity contribution in [2.75, 3.05) is 25.7 Å². The van der Waals surface area contributed by atoms with Crippen molar-refractivity contribution >= 4 is 34.4 Å². The van der Waals surface area contributed by atoms with Gasteiger partial charge >= 0.3 is 5.91 Å². The molecule has 1 aliphatic rings. The number of nitrogens with one attached hydrogen (secondary N) is 1. The zero-order chi connectivity index (χ0) is 24.5. The lowest BCUT2D eigenvalue weighted by Crippen LogP contribution is -2.45. The number of rotatable bonds is 7. The van der Waals surface area contributed by atoms with Crippen molar-refractivity contribution in [1.29, 1.82) is 0 Å². The fourth-order valence-electron chi connectivity index (χ4n) is 4.56. The summed E-state index contributed by atoms with van der Waals surface area (Å²) < 4.78 is 16.7. The predicted octanol–water partition coefficient (Wildman–Crippen LogP) is 5.63. The summed E-state index contributed by atoms with van der Waals surface area (Å²) in [6, 6.07) is 11.3. The molecule has 7 heteroatoms. The van der Waals surface area contributed by atoms with Gasteiger partial charge in [-0.15, -0.1) is 0 Å². The average Bonchev–Trinajstić information content (AvgIpc) is 3.26. The third kappa shape index (κ3) is 4.25. The Balaban J connectivity index is 1.60. The summed E-state index contributed by atoms with van der Waals surface area (Å²) in [6.07, 6.45) is 4.93. The SMILES string of the molecule is CCCN1c2cc(OC)c(/C=N\NC(=O)c3cc4cccc(OC)c4o3)cc2C(C)=CC1(C)C. The Labute approximate surface area is 200 Å². The Morgan fingerprint density at radius 1 is 1.18 bits per heavy atom. The second-order valence-corrected chi connectivity index (χ2v) is 8.93. The highest BCUT2D eigenvalue weighted by Gasteiger charge is 2.31. The van der Waals surface area contributed by atoms with Gasteiger partial charge in [0.05, 0.1) is 26.0 Å². The Hall–Kier alpha value is -3.74. The third-order valence-electron chi connectivity index (χ3n) is 6.10. The molecular formula is C27H31N3O4. The topological polar surface area (TPSA) is 76.3 Å². The van der Waals surface area contributed by atoms with E-state index in [1.165, 1.54) is 5.57 Å². The van der Waals surface area contributed by atoms with E-state index in [1.807, 2.05) is 12.1 Å². The fraction of sp³-hybridized carbons (Fsp3) is 0.333. The molecule has 0 atom stereocenters. The van der Waals surface area contributed by atoms with Crippen LogP contribution in [-0.2, 0) is 0 Å². The molecule has 34 heavy (non-hydrogen) atoms. The van der Waals surface area contributed by atoms with Gasteiger partial charge in [0.15, 0.2) is 17.1 Å². The molecule has 1 amide bonds. The molecule has 0 saturated carbocycles. The van der Waals surface area contributed by atoms with Crippen molar-refractivity contribution < 1.29 is 18.7 Å². The highest BCUT2D eigenvalue weighted by atomic mass is 16.5. The van der Waals surface area contributed by atoms with Crippen molar-refractivity contribution in [3.05, 3.63) is 59.4 Å². The lowest BCUT2D eigenvalue weighted by molar-refractivity contribution is 0.0929. The number of nitrogens with zero attached hydrogens (tertiary/aromatic N) is 2. The first kappa shape index (κ1) is 23.4. The number of hydrogen-bond acceptors (Lipinski definition) is 6. The number of carbonyl (C=O) groups excluding carboxylic acids is 1. The molecule has 0 spiro atoms. The number of methoxy groups -OCH3 is 2. The van der Waals surface area contributed by atoms with Gasteiger partial charge in [-0.2, -0.15) is 5.10 Å². The quantitative estimate of drug-likeness (QED) is 0.365. The van der Waals surface area contributed by atoms with Crippen molar-refractivity contribution in [2.24, 2.45) is 5.10 Å². The maximum atomic E-state index is 12.6. The van der Waals surface area contributed by atoms with E-state index in [9.17, 15) is 4.79 Å². The molecule has 1 aromatic heterocycles. The van der Waals surface area contributed by atoms with Crippen molar-refractivity contribution in [1.82, 2.24) is 5.43 Å². The van der Waals surface area contributed by atoms with Gasteiger partial charge < -0.3 is 18.8 Å². The Bertz CT molecular complexity index is 1290. The summed E-state index contributed by atoms with van der Waals surface area (Å²) in [5.41, 5.74) is 7.23. The molecule has 7 nitrogen and oxygen atoms in total. The average molecular weight is 462 g/mol. The largest absolute Gasteiger partial charge is 0.496 e. The van der Waals surface area contributed by atoms with Crippen LogP contribution in [0.3, 0.4) is 0 Å². The van der Waals surface area contributed by atoms with E-state index in [2.05, 4.69) is 61.3 Å². The molecule has 0 radical (unpaired) electrons. The number of fused-ring (bicyclic) bond motifs is 2. The highest BCUT2D eigenvalue weighted by Crippen LogP contribution is 2.42. The lowest BCUT2D eigenvalue weighted by Gasteiger charge is -2.43. The summed E-state index contributed by atoms with van der Waals surface area (Å²) in [6.45, 7) is 9.69. The van der Waals surface area contributed by atoms with Crippen LogP contribution >= 0.6 is 0 Å². The van der Waals surface area contributed by atoms with E-state index in [0.717, 1.165) is 35.2 Å². The lowest BCUT2D eigenvalue weighted by atomic mass is 9.87. The van der Waals surface area contributed by atoms with Gasteiger partial charge in [0, 0.05) is 34.8 Å². The Morgan fingerprint density at radius 3 is 2.65 bits per heavy atom. The van der Waals surface area contributed by atoms with E-state index < -0.39 is 5.91 Å². The van der Waals surface area contributed by atoms with Crippen LogP contribution in [0, 0.1) is 0 Å². The van der Waals surface area contributed by atoms with Crippen LogP contribution in [-0.4, -0.2) is 38.4 Å². The zero-order valence-electron chi connectivity index (χ0n) is 20.6. The van der Waals surface area contributed by atoms with Gasteiger partial charge in [-0.1, -0.05) is 25.1 Å². The van der Waals surface area contributed by atoms with E-state index in [1.54, 1.807) is 32.6 Å². The number of carbonyl (C=O) groups is 1. The first-order valence-electron chi connectivity index (χ1n) is 11.4. The molecule has 1 N–H and O–H groups in total. The van der Waals surface area contributed by atoms with Crippen LogP contribution in [0.4, 0.5) is 5.69 Å². The summed E-state index contributed by atoms with van der Waals surface area (Å²) in [7, 11) is 3.20. The smallest absolute Gasteiger partial charge is 0.307 e. The number of benzene rings is 2. The van der Waals surface area contributed by atoms with E-state index in [4.69, 9.17) is 13.9 Å². The number of hydrogen-bond donors (Lipinski definition) is 1. The normalized spacial score (nSPS) is 14.8. The minimum atomic E-state index is -0.446. The minimum absolute atomic E-state index is 0.0864. The van der Waals surface area contributed by atoms with Crippen LogP contribution in [0.2, 0.25) is 0 Å². The first-order valence-corrected chi connectivity index (χ1v) is 11.4. The molecule has 1 aliphatic heterocycles. The second-order valence-electron chi connectivity index (χ2n) is 8.93. The fourth-order valence-corrected chi connectivity index (χ4v) is 4.56. The number of amides is 1. The monoisotopic (exact) mass is 461 g/mol. The van der Waals surface area contributed by atoms with E-state index >= 15 is 0 Å². The molecule has 178 valence electrons. The summed E-state index contributed by atoms with van der Waals surface area (Å²) in [5.74, 6) is 0.975. The number of ether oxygens (including phenoxy) is 2. The van der Waals surface area contributed by atoms with Crippen molar-refractivity contribution in [3.63, 3.8) is 0 Å². The molecule has 4 rings (SSSR count). The van der Waals surface area contributed by atoms with Crippen molar-refractivity contribution in [2.45, 2.75) is 39.7 Å². The van der Waals surface area contributed by atoms with E-state index in [-0.39, 0.29) is 11.3 Å². The molecule has 2 heterocycles. The molecule has 0 aliphatic carbocycles. The molecule has 0 fully saturated rings. The van der Waals surface area contributed by atoms with Crippen LogP contribution < -0.4 is 19.8 Å². The Morgan fingerprint density at radius 2 is 1.94 bits per heavy atom. The summed E-state index contributed by atoms with van der Waals surface area (Å²) >= 11 is 0. The van der Waals surface area contributed by atoms with Gasteiger partial charge in [0.1, 0.15) is 5.75 Å². The number of hydrazone groups is 1. The van der Waals surface area contributed by atoms with Crippen molar-refractivity contribution in [3.8, 4) is 11.5 Å². The summed E-state index contributed by atoms with van der Waals surface area (Å²) in [5, 5.41) is 4.95. The molecule has 0 saturated heterocycles. The molecular weight excluding hydrogens is 430 g/mol. The molecule has 0 unspecified atom stereocenters. The van der Waals surface area contributed by atoms with Crippen LogP contribution in [0.1, 0.15) is 55.8 Å². The maximum Gasteiger partial charge on any atom is 0.307 e. The number of furan rings is 1. The van der Waals surface area contributed by atoms with Gasteiger partial charge in [0.25, 0.3) is 0 Å². The molecule has 2 aromatic carbocycles. The summed E-state index contributed by atoms with van der Waals surface area (Å²) in [4.78, 5) is 15.0. The van der Waals surface area contributed by atoms with Crippen LogP contribution in [0.5, 0.6) is 11.5 Å².